The monoisotopic (exact) mass is 295 g/mol. The average Bonchev–Trinajstić information content (AvgIpc) is 2.46. The molecule has 112 valence electrons. The van der Waals surface area contributed by atoms with E-state index in [1.54, 1.807) is 0 Å². The number of benzene rings is 1. The number of hydrogen-bond acceptors (Lipinski definition) is 2. The third kappa shape index (κ3) is 3.36. The Hall–Kier alpha value is -0.570. The second-order valence-corrected chi connectivity index (χ2v) is 6.46. The Labute approximate surface area is 127 Å². The number of nitrogens with one attached hydrogen (secondary N) is 1. The van der Waals surface area contributed by atoms with Gasteiger partial charge in [0.25, 0.3) is 0 Å². The molecule has 1 fully saturated rings. The third-order valence-corrected chi connectivity index (χ3v) is 5.00. The maximum absolute atomic E-state index is 6.14. The van der Waals surface area contributed by atoms with Crippen LogP contribution in [0.4, 0.5) is 0 Å². The van der Waals surface area contributed by atoms with E-state index in [1.807, 2.05) is 24.3 Å². The molecule has 3 atom stereocenters. The minimum Gasteiger partial charge on any atom is -0.373 e. The van der Waals surface area contributed by atoms with E-state index in [0.717, 1.165) is 24.4 Å². The molecule has 1 aromatic rings. The molecule has 0 aliphatic heterocycles. The van der Waals surface area contributed by atoms with Crippen molar-refractivity contribution in [1.82, 2.24) is 5.32 Å². The topological polar surface area (TPSA) is 21.3 Å². The highest BCUT2D eigenvalue weighted by atomic mass is 35.5. The molecular formula is C17H26ClNO. The van der Waals surface area contributed by atoms with Gasteiger partial charge in [-0.3, -0.25) is 0 Å². The van der Waals surface area contributed by atoms with Crippen molar-refractivity contribution in [2.75, 3.05) is 6.54 Å². The lowest BCUT2D eigenvalue weighted by Crippen LogP contribution is -2.62. The summed E-state index contributed by atoms with van der Waals surface area (Å²) >= 11 is 5.90. The molecular weight excluding hydrogens is 270 g/mol. The van der Waals surface area contributed by atoms with Gasteiger partial charge in [-0.2, -0.15) is 0 Å². The first kappa shape index (κ1) is 15.8. The molecule has 1 aliphatic rings. The standard InChI is InChI=1S/C17H26ClNO/c1-4-10-19-15-11-16(17(15,3)5-2)20-12-13-6-8-14(18)9-7-13/h6-9,15-16,19H,4-5,10-12H2,1-3H3. The van der Waals surface area contributed by atoms with Crippen LogP contribution in [0.2, 0.25) is 5.02 Å². The Bertz CT molecular complexity index is 420. The zero-order valence-electron chi connectivity index (χ0n) is 12.8. The lowest BCUT2D eigenvalue weighted by Gasteiger charge is -2.54. The van der Waals surface area contributed by atoms with E-state index in [9.17, 15) is 0 Å². The summed E-state index contributed by atoms with van der Waals surface area (Å²) in [5.74, 6) is 0. The van der Waals surface area contributed by atoms with Gasteiger partial charge >= 0.3 is 0 Å². The molecule has 3 heteroatoms. The first-order valence-corrected chi connectivity index (χ1v) is 8.07. The van der Waals surface area contributed by atoms with Gasteiger partial charge in [0.05, 0.1) is 12.7 Å². The van der Waals surface area contributed by atoms with E-state index in [-0.39, 0.29) is 5.41 Å². The van der Waals surface area contributed by atoms with Crippen LogP contribution in [0.5, 0.6) is 0 Å². The second kappa shape index (κ2) is 6.93. The molecule has 2 nitrogen and oxygen atoms in total. The zero-order chi connectivity index (χ0) is 14.6. The van der Waals surface area contributed by atoms with Crippen LogP contribution in [0.15, 0.2) is 24.3 Å². The van der Waals surface area contributed by atoms with Gasteiger partial charge in [0.15, 0.2) is 0 Å². The smallest absolute Gasteiger partial charge is 0.0720 e. The molecule has 2 rings (SSSR count). The van der Waals surface area contributed by atoms with Crippen molar-refractivity contribution in [2.45, 2.75) is 58.8 Å². The molecule has 1 N–H and O–H groups in total. The van der Waals surface area contributed by atoms with E-state index >= 15 is 0 Å². The van der Waals surface area contributed by atoms with Crippen molar-refractivity contribution < 1.29 is 4.74 Å². The number of rotatable bonds is 7. The van der Waals surface area contributed by atoms with Crippen LogP contribution < -0.4 is 5.32 Å². The summed E-state index contributed by atoms with van der Waals surface area (Å²) in [6.07, 6.45) is 3.82. The van der Waals surface area contributed by atoms with Gasteiger partial charge in [-0.25, -0.2) is 0 Å². The molecule has 0 aromatic heterocycles. The van der Waals surface area contributed by atoms with E-state index in [4.69, 9.17) is 16.3 Å². The predicted molar refractivity (Wildman–Crippen MR) is 85.1 cm³/mol. The quantitative estimate of drug-likeness (QED) is 0.804. The summed E-state index contributed by atoms with van der Waals surface area (Å²) in [5.41, 5.74) is 1.46. The Morgan fingerprint density at radius 1 is 1.30 bits per heavy atom. The second-order valence-electron chi connectivity index (χ2n) is 6.03. The van der Waals surface area contributed by atoms with E-state index in [1.165, 1.54) is 12.0 Å². The van der Waals surface area contributed by atoms with Crippen molar-refractivity contribution in [3.63, 3.8) is 0 Å². The van der Waals surface area contributed by atoms with E-state index in [2.05, 4.69) is 26.1 Å². The zero-order valence-corrected chi connectivity index (χ0v) is 13.5. The predicted octanol–water partition coefficient (Wildman–Crippen LogP) is 4.41. The summed E-state index contributed by atoms with van der Waals surface area (Å²) in [4.78, 5) is 0. The Kier molecular flexibility index (Phi) is 5.48. The number of ether oxygens (including phenoxy) is 1. The maximum Gasteiger partial charge on any atom is 0.0720 e. The van der Waals surface area contributed by atoms with Crippen molar-refractivity contribution in [2.24, 2.45) is 5.41 Å². The molecule has 0 saturated heterocycles. The molecule has 0 bridgehead atoms. The molecule has 0 amide bonds. The van der Waals surface area contributed by atoms with Crippen molar-refractivity contribution in [1.29, 1.82) is 0 Å². The Morgan fingerprint density at radius 2 is 2.00 bits per heavy atom. The van der Waals surface area contributed by atoms with Gasteiger partial charge in [0.2, 0.25) is 0 Å². The van der Waals surface area contributed by atoms with Crippen molar-refractivity contribution >= 4 is 11.6 Å². The van der Waals surface area contributed by atoms with Gasteiger partial charge in [-0.05, 0) is 43.5 Å². The van der Waals surface area contributed by atoms with Crippen molar-refractivity contribution in [3.05, 3.63) is 34.9 Å². The Balaban J connectivity index is 1.86. The fourth-order valence-corrected chi connectivity index (χ4v) is 3.09. The fourth-order valence-electron chi connectivity index (χ4n) is 2.96. The van der Waals surface area contributed by atoms with Crippen LogP contribution in [-0.2, 0) is 11.3 Å². The largest absolute Gasteiger partial charge is 0.373 e. The highest BCUT2D eigenvalue weighted by Crippen LogP contribution is 2.46. The summed E-state index contributed by atoms with van der Waals surface area (Å²) in [6.45, 7) is 8.60. The molecule has 1 saturated carbocycles. The first-order chi connectivity index (χ1) is 9.60. The SMILES string of the molecule is CCCNC1CC(OCc2ccc(Cl)cc2)C1(C)CC. The lowest BCUT2D eigenvalue weighted by molar-refractivity contribution is -0.135. The van der Waals surface area contributed by atoms with Crippen LogP contribution in [0, 0.1) is 5.41 Å². The summed E-state index contributed by atoms with van der Waals surface area (Å²) in [5, 5.41) is 4.43. The highest BCUT2D eigenvalue weighted by molar-refractivity contribution is 6.30. The average molecular weight is 296 g/mol. The summed E-state index contributed by atoms with van der Waals surface area (Å²) in [7, 11) is 0. The molecule has 20 heavy (non-hydrogen) atoms. The molecule has 1 aliphatic carbocycles. The van der Waals surface area contributed by atoms with Crippen LogP contribution in [-0.4, -0.2) is 18.7 Å². The van der Waals surface area contributed by atoms with Gasteiger partial charge < -0.3 is 10.1 Å². The summed E-state index contributed by atoms with van der Waals surface area (Å²) in [6, 6.07) is 8.52. The number of halogens is 1. The lowest BCUT2D eigenvalue weighted by atomic mass is 9.61. The molecule has 3 unspecified atom stereocenters. The van der Waals surface area contributed by atoms with Crippen LogP contribution in [0.3, 0.4) is 0 Å². The molecule has 0 radical (unpaired) electrons. The number of hydrogen-bond donors (Lipinski definition) is 1. The minimum atomic E-state index is 0.265. The minimum absolute atomic E-state index is 0.265. The van der Waals surface area contributed by atoms with Gasteiger partial charge in [0.1, 0.15) is 0 Å². The van der Waals surface area contributed by atoms with Crippen LogP contribution >= 0.6 is 11.6 Å². The fraction of sp³-hybridized carbons (Fsp3) is 0.647. The van der Waals surface area contributed by atoms with Gasteiger partial charge in [0, 0.05) is 16.5 Å². The van der Waals surface area contributed by atoms with Gasteiger partial charge in [-0.15, -0.1) is 0 Å². The normalized spacial score (nSPS) is 29.2. The van der Waals surface area contributed by atoms with Crippen LogP contribution in [0.1, 0.15) is 45.6 Å². The first-order valence-electron chi connectivity index (χ1n) is 7.69. The third-order valence-electron chi connectivity index (χ3n) is 4.75. The van der Waals surface area contributed by atoms with Gasteiger partial charge in [-0.1, -0.05) is 44.5 Å². The van der Waals surface area contributed by atoms with E-state index < -0.39 is 0 Å². The molecule has 0 heterocycles. The highest BCUT2D eigenvalue weighted by Gasteiger charge is 2.50. The Morgan fingerprint density at radius 3 is 2.60 bits per heavy atom. The van der Waals surface area contributed by atoms with E-state index in [0.29, 0.717) is 18.8 Å². The molecule has 1 aromatic carbocycles. The van der Waals surface area contributed by atoms with Crippen molar-refractivity contribution in [3.8, 4) is 0 Å². The summed E-state index contributed by atoms with van der Waals surface area (Å²) < 4.78 is 6.14. The maximum atomic E-state index is 6.14. The van der Waals surface area contributed by atoms with Crippen LogP contribution in [0.25, 0.3) is 0 Å². The molecule has 0 spiro atoms.